The van der Waals surface area contributed by atoms with Crippen molar-refractivity contribution >= 4 is 35.3 Å². The Morgan fingerprint density at radius 3 is 2.41 bits per heavy atom. The Bertz CT molecular complexity index is 908. The monoisotopic (exact) mass is 434 g/mol. The quantitative estimate of drug-likeness (QED) is 0.691. The number of methoxy groups -OCH3 is 1. The standard InChI is InChI=1S/C21H23ClN2O4S/c1-12-17(20(26)28-21(2,3)4)18(13-6-8-14(22)9-7-13)15(10-23)19(24-12)29-11-16(25)27-5/h6-9,18,24H,11H2,1-5H3/t18-/m0/s1. The predicted octanol–water partition coefficient (Wildman–Crippen LogP) is 4.28. The van der Waals surface area contributed by atoms with Gasteiger partial charge in [0.1, 0.15) is 5.60 Å². The van der Waals surface area contributed by atoms with Gasteiger partial charge in [0.15, 0.2) is 0 Å². The summed E-state index contributed by atoms with van der Waals surface area (Å²) in [4.78, 5) is 24.6. The van der Waals surface area contributed by atoms with Crippen LogP contribution in [-0.4, -0.2) is 30.4 Å². The number of thioether (sulfide) groups is 1. The average Bonchev–Trinajstić information content (AvgIpc) is 2.64. The van der Waals surface area contributed by atoms with E-state index >= 15 is 0 Å². The third kappa shape index (κ3) is 5.78. The lowest BCUT2D eigenvalue weighted by atomic mass is 9.82. The van der Waals surface area contributed by atoms with E-state index < -0.39 is 23.5 Å². The molecule has 154 valence electrons. The Kier molecular flexibility index (Phi) is 7.39. The molecule has 1 aliphatic rings. The zero-order valence-corrected chi connectivity index (χ0v) is 18.5. The number of esters is 2. The smallest absolute Gasteiger partial charge is 0.337 e. The molecule has 6 nitrogen and oxygen atoms in total. The number of hydrogen-bond acceptors (Lipinski definition) is 7. The van der Waals surface area contributed by atoms with Gasteiger partial charge in [-0.25, -0.2) is 4.79 Å². The van der Waals surface area contributed by atoms with Crippen LogP contribution < -0.4 is 5.32 Å². The highest BCUT2D eigenvalue weighted by molar-refractivity contribution is 8.03. The molecule has 2 rings (SSSR count). The fraction of sp³-hybridized carbons (Fsp3) is 0.381. The number of nitriles is 1. The predicted molar refractivity (Wildman–Crippen MR) is 113 cm³/mol. The Morgan fingerprint density at radius 1 is 1.28 bits per heavy atom. The van der Waals surface area contributed by atoms with Gasteiger partial charge in [-0.3, -0.25) is 4.79 Å². The van der Waals surface area contributed by atoms with Crippen LogP contribution >= 0.6 is 23.4 Å². The van der Waals surface area contributed by atoms with Crippen molar-refractivity contribution in [3.05, 3.63) is 56.7 Å². The van der Waals surface area contributed by atoms with Gasteiger partial charge in [0.05, 0.1) is 41.0 Å². The fourth-order valence-corrected chi connectivity index (χ4v) is 3.86. The summed E-state index contributed by atoms with van der Waals surface area (Å²) in [6, 6.07) is 9.16. The van der Waals surface area contributed by atoms with Crippen LogP contribution in [0, 0.1) is 11.3 Å². The second-order valence-corrected chi connectivity index (χ2v) is 8.79. The highest BCUT2D eigenvalue weighted by Gasteiger charge is 2.37. The summed E-state index contributed by atoms with van der Waals surface area (Å²) >= 11 is 7.17. The van der Waals surface area contributed by atoms with Gasteiger partial charge in [-0.15, -0.1) is 0 Å². The molecule has 0 bridgehead atoms. The topological polar surface area (TPSA) is 88.4 Å². The molecule has 8 heteroatoms. The molecule has 1 heterocycles. The van der Waals surface area contributed by atoms with Crippen LogP contribution in [0.3, 0.4) is 0 Å². The highest BCUT2D eigenvalue weighted by atomic mass is 35.5. The molecule has 0 spiro atoms. The van der Waals surface area contributed by atoms with E-state index in [-0.39, 0.29) is 5.75 Å². The van der Waals surface area contributed by atoms with Crippen molar-refractivity contribution in [3.63, 3.8) is 0 Å². The summed E-state index contributed by atoms with van der Waals surface area (Å²) < 4.78 is 10.3. The van der Waals surface area contributed by atoms with Crippen molar-refractivity contribution in [3.8, 4) is 6.07 Å². The maximum absolute atomic E-state index is 13.0. The summed E-state index contributed by atoms with van der Waals surface area (Å²) in [5.41, 5.74) is 1.27. The van der Waals surface area contributed by atoms with Gasteiger partial charge >= 0.3 is 11.9 Å². The Labute approximate surface area is 179 Å². The van der Waals surface area contributed by atoms with E-state index in [9.17, 15) is 14.9 Å². The van der Waals surface area contributed by atoms with Crippen molar-refractivity contribution in [1.82, 2.24) is 5.32 Å². The lowest BCUT2D eigenvalue weighted by molar-refractivity contribution is -0.150. The Balaban J connectivity index is 2.56. The van der Waals surface area contributed by atoms with Gasteiger partial charge in [-0.1, -0.05) is 35.5 Å². The van der Waals surface area contributed by atoms with E-state index in [1.54, 1.807) is 52.0 Å². The van der Waals surface area contributed by atoms with Crippen molar-refractivity contribution in [1.29, 1.82) is 5.26 Å². The third-order valence-electron chi connectivity index (χ3n) is 4.03. The molecule has 0 unspecified atom stereocenters. The summed E-state index contributed by atoms with van der Waals surface area (Å²) in [6.45, 7) is 7.10. The largest absolute Gasteiger partial charge is 0.468 e. The molecular formula is C21H23ClN2O4S. The van der Waals surface area contributed by atoms with E-state index in [1.165, 1.54) is 7.11 Å². The molecular weight excluding hydrogens is 412 g/mol. The second-order valence-electron chi connectivity index (χ2n) is 7.37. The normalized spacial score (nSPS) is 16.8. The highest BCUT2D eigenvalue weighted by Crippen LogP contribution is 2.41. The van der Waals surface area contributed by atoms with Crippen molar-refractivity contribution in [2.24, 2.45) is 0 Å². The number of nitrogens with zero attached hydrogens (tertiary/aromatic N) is 1. The third-order valence-corrected chi connectivity index (χ3v) is 5.27. The Morgan fingerprint density at radius 2 is 1.90 bits per heavy atom. The van der Waals surface area contributed by atoms with Crippen molar-refractivity contribution < 1.29 is 19.1 Å². The van der Waals surface area contributed by atoms with Crippen LogP contribution in [-0.2, 0) is 19.1 Å². The van der Waals surface area contributed by atoms with Gasteiger partial charge < -0.3 is 14.8 Å². The van der Waals surface area contributed by atoms with Crippen LogP contribution in [0.5, 0.6) is 0 Å². The number of rotatable bonds is 5. The second kappa shape index (κ2) is 9.38. The van der Waals surface area contributed by atoms with Gasteiger partial charge in [-0.05, 0) is 45.4 Å². The lowest BCUT2D eigenvalue weighted by Crippen LogP contribution is -2.32. The molecule has 0 amide bonds. The van der Waals surface area contributed by atoms with Crippen molar-refractivity contribution in [2.75, 3.05) is 12.9 Å². The molecule has 1 atom stereocenters. The maximum Gasteiger partial charge on any atom is 0.337 e. The van der Waals surface area contributed by atoms with Gasteiger partial charge in [-0.2, -0.15) is 5.26 Å². The number of benzene rings is 1. The molecule has 0 aromatic heterocycles. The molecule has 1 aliphatic heterocycles. The van der Waals surface area contributed by atoms with Crippen LogP contribution in [0.25, 0.3) is 0 Å². The molecule has 1 aromatic carbocycles. The lowest BCUT2D eigenvalue weighted by Gasteiger charge is -2.31. The number of ether oxygens (including phenoxy) is 2. The van der Waals surface area contributed by atoms with Gasteiger partial charge in [0, 0.05) is 10.7 Å². The number of carbonyl (C=O) groups is 2. The molecule has 0 radical (unpaired) electrons. The van der Waals surface area contributed by atoms with Crippen LogP contribution in [0.4, 0.5) is 0 Å². The summed E-state index contributed by atoms with van der Waals surface area (Å²) in [7, 11) is 1.30. The number of halogens is 1. The van der Waals surface area contributed by atoms with E-state index in [2.05, 4.69) is 16.1 Å². The minimum absolute atomic E-state index is 0.0341. The zero-order valence-electron chi connectivity index (χ0n) is 17.0. The molecule has 0 fully saturated rings. The molecule has 0 aliphatic carbocycles. The fourth-order valence-electron chi connectivity index (χ4n) is 2.81. The number of carbonyl (C=O) groups excluding carboxylic acids is 2. The SMILES string of the molecule is COC(=O)CSC1=C(C#N)[C@H](c2ccc(Cl)cc2)C(C(=O)OC(C)(C)C)=C(C)N1. The van der Waals surface area contributed by atoms with Gasteiger partial charge in [0.25, 0.3) is 0 Å². The van der Waals surface area contributed by atoms with Gasteiger partial charge in [0.2, 0.25) is 0 Å². The van der Waals surface area contributed by atoms with Crippen LogP contribution in [0.15, 0.2) is 46.1 Å². The number of dihydropyridines is 1. The molecule has 0 saturated carbocycles. The Hall–Kier alpha value is -2.43. The summed E-state index contributed by atoms with van der Waals surface area (Å²) in [5.74, 6) is -1.53. The van der Waals surface area contributed by atoms with Crippen LogP contribution in [0.1, 0.15) is 39.2 Å². The van der Waals surface area contributed by atoms with E-state index in [4.69, 9.17) is 16.3 Å². The first-order chi connectivity index (χ1) is 13.6. The van der Waals surface area contributed by atoms with Crippen LogP contribution in [0.2, 0.25) is 5.02 Å². The van der Waals surface area contributed by atoms with E-state index in [1.807, 2.05) is 0 Å². The molecule has 1 aromatic rings. The van der Waals surface area contributed by atoms with E-state index in [0.717, 1.165) is 17.3 Å². The number of nitrogens with one attached hydrogen (secondary N) is 1. The number of allylic oxidation sites excluding steroid dienone is 2. The minimum Gasteiger partial charge on any atom is -0.468 e. The van der Waals surface area contributed by atoms with E-state index in [0.29, 0.717) is 26.9 Å². The average molecular weight is 435 g/mol. The molecule has 1 N–H and O–H groups in total. The molecule has 29 heavy (non-hydrogen) atoms. The number of hydrogen-bond donors (Lipinski definition) is 1. The maximum atomic E-state index is 13.0. The van der Waals surface area contributed by atoms with Crippen molar-refractivity contribution in [2.45, 2.75) is 39.2 Å². The minimum atomic E-state index is -0.689. The molecule has 0 saturated heterocycles. The first-order valence-corrected chi connectivity index (χ1v) is 10.2. The summed E-state index contributed by atoms with van der Waals surface area (Å²) in [6.07, 6.45) is 0. The summed E-state index contributed by atoms with van der Waals surface area (Å²) in [5, 5.41) is 14.0. The zero-order chi connectivity index (χ0) is 21.8. The first-order valence-electron chi connectivity index (χ1n) is 8.88. The first kappa shape index (κ1) is 22.9.